The minimum absolute atomic E-state index is 0.0746. The maximum Gasteiger partial charge on any atom is 0.337 e. The summed E-state index contributed by atoms with van der Waals surface area (Å²) in [5.41, 5.74) is 0.252. The second-order valence-electron chi connectivity index (χ2n) is 4.54. The third-order valence-electron chi connectivity index (χ3n) is 3.11. The lowest BCUT2D eigenvalue weighted by Crippen LogP contribution is -2.26. The molecule has 5 nitrogen and oxygen atoms in total. The Balaban J connectivity index is 2.71. The van der Waals surface area contributed by atoms with Gasteiger partial charge in [-0.1, -0.05) is 30.7 Å². The van der Waals surface area contributed by atoms with E-state index in [0.29, 0.717) is 5.02 Å². The summed E-state index contributed by atoms with van der Waals surface area (Å²) in [6.07, 6.45) is 0.139. The van der Waals surface area contributed by atoms with Gasteiger partial charge in [-0.15, -0.1) is 0 Å². The van der Waals surface area contributed by atoms with E-state index in [9.17, 15) is 19.8 Å². The van der Waals surface area contributed by atoms with Crippen molar-refractivity contribution in [3.8, 4) is 5.75 Å². The Morgan fingerprint density at radius 1 is 1.14 bits per heavy atom. The average molecular weight is 320 g/mol. The third kappa shape index (κ3) is 3.04. The average Bonchev–Trinajstić information content (AvgIpc) is 2.49. The molecule has 2 aromatic rings. The van der Waals surface area contributed by atoms with E-state index in [1.54, 1.807) is 19.1 Å². The molecule has 2 rings (SSSR count). The van der Waals surface area contributed by atoms with Crippen LogP contribution in [0.5, 0.6) is 5.75 Å². The molecule has 0 unspecified atom stereocenters. The van der Waals surface area contributed by atoms with Gasteiger partial charge in [0.15, 0.2) is 0 Å². The van der Waals surface area contributed by atoms with Gasteiger partial charge < -0.3 is 10.2 Å². The molecule has 0 spiro atoms. The van der Waals surface area contributed by atoms with Gasteiger partial charge in [0.2, 0.25) is 5.91 Å². The predicted molar refractivity (Wildman–Crippen MR) is 84.0 cm³/mol. The van der Waals surface area contributed by atoms with E-state index < -0.39 is 5.97 Å². The number of hydrogen-bond donors (Lipinski definition) is 2. The summed E-state index contributed by atoms with van der Waals surface area (Å²) in [6.45, 7) is 1.65. The molecule has 0 bridgehead atoms. The van der Waals surface area contributed by atoms with Crippen LogP contribution in [0.1, 0.15) is 23.7 Å². The van der Waals surface area contributed by atoms with Gasteiger partial charge in [-0.25, -0.2) is 4.79 Å². The van der Waals surface area contributed by atoms with E-state index >= 15 is 0 Å². The van der Waals surface area contributed by atoms with Crippen LogP contribution in [0.15, 0.2) is 42.5 Å². The van der Waals surface area contributed by atoms with Crippen LogP contribution in [0.2, 0.25) is 5.02 Å². The zero-order chi connectivity index (χ0) is 16.3. The third-order valence-corrected chi connectivity index (χ3v) is 3.34. The van der Waals surface area contributed by atoms with E-state index in [4.69, 9.17) is 11.6 Å². The monoisotopic (exact) mass is 319 g/mol. The fourth-order valence-electron chi connectivity index (χ4n) is 2.08. The molecule has 1 amide bonds. The fraction of sp³-hybridized carbons (Fsp3) is 0.125. The number of carboxylic acids is 1. The van der Waals surface area contributed by atoms with Gasteiger partial charge in [0.25, 0.3) is 0 Å². The summed E-state index contributed by atoms with van der Waals surface area (Å²) in [7, 11) is 0. The Morgan fingerprint density at radius 3 is 2.41 bits per heavy atom. The summed E-state index contributed by atoms with van der Waals surface area (Å²) in [4.78, 5) is 24.9. The van der Waals surface area contributed by atoms with Crippen LogP contribution in [-0.4, -0.2) is 22.1 Å². The molecule has 0 saturated carbocycles. The number of para-hydroxylation sites is 2. The van der Waals surface area contributed by atoms with E-state index in [-0.39, 0.29) is 35.0 Å². The molecule has 0 aromatic heterocycles. The molecule has 0 aliphatic rings. The van der Waals surface area contributed by atoms with E-state index in [0.717, 1.165) is 0 Å². The first-order chi connectivity index (χ1) is 10.5. The molecular formula is C16H14ClNO4. The van der Waals surface area contributed by atoms with Crippen molar-refractivity contribution in [3.05, 3.63) is 53.1 Å². The maximum atomic E-state index is 12.3. The first-order valence-electron chi connectivity index (χ1n) is 6.59. The smallest absolute Gasteiger partial charge is 0.337 e. The number of carbonyl (C=O) groups is 2. The number of phenols is 1. The second kappa shape index (κ2) is 6.49. The number of amides is 1. The van der Waals surface area contributed by atoms with Gasteiger partial charge >= 0.3 is 5.97 Å². The Kier molecular flexibility index (Phi) is 4.68. The molecule has 0 aliphatic carbocycles. The van der Waals surface area contributed by atoms with E-state index in [1.807, 2.05) is 0 Å². The van der Waals surface area contributed by atoms with Crippen LogP contribution in [0.3, 0.4) is 0 Å². The number of halogens is 1. The first kappa shape index (κ1) is 15.9. The van der Waals surface area contributed by atoms with Crippen molar-refractivity contribution in [2.24, 2.45) is 0 Å². The van der Waals surface area contributed by atoms with Crippen molar-refractivity contribution in [1.29, 1.82) is 0 Å². The number of aromatic carboxylic acids is 1. The van der Waals surface area contributed by atoms with Gasteiger partial charge in [0, 0.05) is 11.4 Å². The molecule has 0 aliphatic heterocycles. The molecule has 0 atom stereocenters. The Morgan fingerprint density at radius 2 is 1.82 bits per heavy atom. The van der Waals surface area contributed by atoms with E-state index in [1.165, 1.54) is 35.2 Å². The minimum Gasteiger partial charge on any atom is -0.506 e. The van der Waals surface area contributed by atoms with Gasteiger partial charge in [0.1, 0.15) is 5.75 Å². The highest BCUT2D eigenvalue weighted by molar-refractivity contribution is 6.31. The number of carboxylic acid groups (broad SMARTS) is 1. The lowest BCUT2D eigenvalue weighted by atomic mass is 10.1. The normalized spacial score (nSPS) is 10.3. The highest BCUT2D eigenvalue weighted by Crippen LogP contribution is 2.36. The topological polar surface area (TPSA) is 77.8 Å². The summed E-state index contributed by atoms with van der Waals surface area (Å²) < 4.78 is 0. The SMILES string of the molecule is CCC(=O)N(c1ccccc1O)c1cc(Cl)ccc1C(=O)O. The second-order valence-corrected chi connectivity index (χ2v) is 4.97. The first-order valence-corrected chi connectivity index (χ1v) is 6.97. The zero-order valence-electron chi connectivity index (χ0n) is 11.8. The highest BCUT2D eigenvalue weighted by Gasteiger charge is 2.24. The Labute approximate surface area is 132 Å². The fourth-order valence-corrected chi connectivity index (χ4v) is 2.25. The van der Waals surface area contributed by atoms with Crippen LogP contribution in [-0.2, 0) is 4.79 Å². The number of benzene rings is 2. The summed E-state index contributed by atoms with van der Waals surface area (Å²) in [5.74, 6) is -1.66. The van der Waals surface area contributed by atoms with Crippen molar-refractivity contribution >= 4 is 34.9 Å². The standard InChI is InChI=1S/C16H14ClNO4/c1-2-15(20)18(12-5-3-4-6-14(12)19)13-9-10(17)7-8-11(13)16(21)22/h3-9,19H,2H2,1H3,(H,21,22). The minimum atomic E-state index is -1.18. The quantitative estimate of drug-likeness (QED) is 0.898. The largest absolute Gasteiger partial charge is 0.506 e. The zero-order valence-corrected chi connectivity index (χ0v) is 12.5. The number of phenolic OH excluding ortho intramolecular Hbond substituents is 1. The molecule has 0 radical (unpaired) electrons. The lowest BCUT2D eigenvalue weighted by molar-refractivity contribution is -0.117. The molecule has 0 heterocycles. The Hall–Kier alpha value is -2.53. The van der Waals surface area contributed by atoms with Crippen LogP contribution in [0, 0.1) is 0 Å². The number of nitrogens with zero attached hydrogens (tertiary/aromatic N) is 1. The highest BCUT2D eigenvalue weighted by atomic mass is 35.5. The van der Waals surface area contributed by atoms with Crippen LogP contribution >= 0.6 is 11.6 Å². The molecule has 0 saturated heterocycles. The molecule has 22 heavy (non-hydrogen) atoms. The lowest BCUT2D eigenvalue weighted by Gasteiger charge is -2.25. The van der Waals surface area contributed by atoms with Crippen molar-refractivity contribution in [2.45, 2.75) is 13.3 Å². The molecule has 0 fully saturated rings. The van der Waals surface area contributed by atoms with Gasteiger partial charge in [-0.05, 0) is 30.3 Å². The van der Waals surface area contributed by atoms with Crippen molar-refractivity contribution in [2.75, 3.05) is 4.90 Å². The van der Waals surface area contributed by atoms with Crippen LogP contribution in [0.25, 0.3) is 0 Å². The van der Waals surface area contributed by atoms with E-state index in [2.05, 4.69) is 0 Å². The van der Waals surface area contributed by atoms with Gasteiger partial charge in [-0.3, -0.25) is 9.69 Å². The number of hydrogen-bond acceptors (Lipinski definition) is 3. The maximum absolute atomic E-state index is 12.3. The van der Waals surface area contributed by atoms with Crippen molar-refractivity contribution in [3.63, 3.8) is 0 Å². The van der Waals surface area contributed by atoms with Crippen LogP contribution < -0.4 is 4.90 Å². The summed E-state index contributed by atoms with van der Waals surface area (Å²) in [5, 5.41) is 19.6. The summed E-state index contributed by atoms with van der Waals surface area (Å²) in [6, 6.07) is 10.4. The number of anilines is 2. The van der Waals surface area contributed by atoms with Crippen LogP contribution in [0.4, 0.5) is 11.4 Å². The van der Waals surface area contributed by atoms with Crippen molar-refractivity contribution < 1.29 is 19.8 Å². The molecule has 2 N–H and O–H groups in total. The molecule has 6 heteroatoms. The van der Waals surface area contributed by atoms with Gasteiger partial charge in [-0.2, -0.15) is 0 Å². The van der Waals surface area contributed by atoms with Gasteiger partial charge in [0.05, 0.1) is 16.9 Å². The number of rotatable bonds is 4. The molecule has 2 aromatic carbocycles. The number of carbonyl (C=O) groups excluding carboxylic acids is 1. The molecular weight excluding hydrogens is 306 g/mol. The Bertz CT molecular complexity index is 730. The van der Waals surface area contributed by atoms with Crippen molar-refractivity contribution in [1.82, 2.24) is 0 Å². The predicted octanol–water partition coefficient (Wildman–Crippen LogP) is 3.82. The molecule has 114 valence electrons. The number of aromatic hydroxyl groups is 1. The summed E-state index contributed by atoms with van der Waals surface area (Å²) >= 11 is 5.95.